The van der Waals surface area contributed by atoms with Gasteiger partial charge in [0.25, 0.3) is 6.43 Å². The van der Waals surface area contributed by atoms with Crippen LogP contribution in [0.5, 0.6) is 0 Å². The Hall–Kier alpha value is -0.180. The zero-order valence-corrected chi connectivity index (χ0v) is 6.60. The van der Waals surface area contributed by atoms with Crippen LogP contribution >= 0.6 is 0 Å². The van der Waals surface area contributed by atoms with Gasteiger partial charge in [-0.15, -0.1) is 0 Å². The standard InChI is InChI=1S/C7H14F2O/c1-5(2)4-6(10-3)7(8)9/h5-7H,4H2,1-3H3. The Labute approximate surface area is 60.4 Å². The molecule has 0 aliphatic heterocycles. The Morgan fingerprint density at radius 3 is 1.90 bits per heavy atom. The normalized spacial score (nSPS) is 14.7. The zero-order valence-electron chi connectivity index (χ0n) is 6.60. The number of rotatable bonds is 4. The van der Waals surface area contributed by atoms with Gasteiger partial charge >= 0.3 is 0 Å². The molecule has 0 fully saturated rings. The third kappa shape index (κ3) is 3.77. The van der Waals surface area contributed by atoms with Gasteiger partial charge in [-0.1, -0.05) is 13.8 Å². The molecule has 0 aromatic heterocycles. The van der Waals surface area contributed by atoms with Crippen molar-refractivity contribution in [3.05, 3.63) is 0 Å². The molecule has 3 heteroatoms. The number of hydrogen-bond donors (Lipinski definition) is 0. The maximum absolute atomic E-state index is 11.9. The summed E-state index contributed by atoms with van der Waals surface area (Å²) in [7, 11) is 1.32. The molecule has 62 valence electrons. The monoisotopic (exact) mass is 152 g/mol. The summed E-state index contributed by atoms with van der Waals surface area (Å²) in [6.45, 7) is 3.79. The summed E-state index contributed by atoms with van der Waals surface area (Å²) in [6.07, 6.45) is -2.82. The van der Waals surface area contributed by atoms with Crippen molar-refractivity contribution in [3.8, 4) is 0 Å². The van der Waals surface area contributed by atoms with Crippen LogP contribution in [0.25, 0.3) is 0 Å². The summed E-state index contributed by atoms with van der Waals surface area (Å²) in [5, 5.41) is 0. The first-order chi connectivity index (χ1) is 4.57. The summed E-state index contributed by atoms with van der Waals surface area (Å²) in [5.74, 6) is 0.263. The van der Waals surface area contributed by atoms with E-state index in [-0.39, 0.29) is 5.92 Å². The minimum Gasteiger partial charge on any atom is -0.376 e. The third-order valence-electron chi connectivity index (χ3n) is 1.29. The lowest BCUT2D eigenvalue weighted by molar-refractivity contribution is -0.0422. The lowest BCUT2D eigenvalue weighted by Crippen LogP contribution is -2.22. The third-order valence-corrected chi connectivity index (χ3v) is 1.29. The molecule has 0 saturated heterocycles. The van der Waals surface area contributed by atoms with Gasteiger partial charge in [-0.2, -0.15) is 0 Å². The average molecular weight is 152 g/mol. The van der Waals surface area contributed by atoms with Gasteiger partial charge in [-0.05, 0) is 12.3 Å². The van der Waals surface area contributed by atoms with E-state index in [9.17, 15) is 8.78 Å². The topological polar surface area (TPSA) is 9.23 Å². The SMILES string of the molecule is COC(CC(C)C)C(F)F. The molecule has 0 bridgehead atoms. The fourth-order valence-electron chi connectivity index (χ4n) is 0.767. The summed E-state index contributed by atoms with van der Waals surface area (Å²) < 4.78 is 28.4. The van der Waals surface area contributed by atoms with E-state index in [0.717, 1.165) is 0 Å². The van der Waals surface area contributed by atoms with Crippen molar-refractivity contribution < 1.29 is 13.5 Å². The second-order valence-electron chi connectivity index (χ2n) is 2.74. The maximum atomic E-state index is 11.9. The second-order valence-corrected chi connectivity index (χ2v) is 2.74. The van der Waals surface area contributed by atoms with Crippen molar-refractivity contribution >= 4 is 0 Å². The van der Waals surface area contributed by atoms with Crippen molar-refractivity contribution in [3.63, 3.8) is 0 Å². The van der Waals surface area contributed by atoms with Crippen LogP contribution < -0.4 is 0 Å². The van der Waals surface area contributed by atoms with Gasteiger partial charge in [0.2, 0.25) is 0 Å². The van der Waals surface area contributed by atoms with E-state index in [1.54, 1.807) is 0 Å². The van der Waals surface area contributed by atoms with Gasteiger partial charge in [0.15, 0.2) is 0 Å². The van der Waals surface area contributed by atoms with E-state index in [1.165, 1.54) is 7.11 Å². The molecule has 0 heterocycles. The van der Waals surface area contributed by atoms with Crippen molar-refractivity contribution in [1.82, 2.24) is 0 Å². The molecule has 1 nitrogen and oxygen atoms in total. The summed E-state index contributed by atoms with van der Waals surface area (Å²) in [5.41, 5.74) is 0. The Morgan fingerprint density at radius 2 is 1.80 bits per heavy atom. The van der Waals surface area contributed by atoms with Gasteiger partial charge in [-0.3, -0.25) is 0 Å². The summed E-state index contributed by atoms with van der Waals surface area (Å²) in [6, 6.07) is 0. The van der Waals surface area contributed by atoms with Crippen LogP contribution in [0.3, 0.4) is 0 Å². The molecule has 0 aliphatic rings. The molecule has 0 aromatic carbocycles. The van der Waals surface area contributed by atoms with Crippen LogP contribution in [0.15, 0.2) is 0 Å². The molecule has 0 radical (unpaired) electrons. The van der Waals surface area contributed by atoms with E-state index in [2.05, 4.69) is 4.74 Å². The van der Waals surface area contributed by atoms with Crippen LogP contribution in [-0.4, -0.2) is 19.6 Å². The first-order valence-corrected chi connectivity index (χ1v) is 3.38. The number of hydrogen-bond acceptors (Lipinski definition) is 1. The Kier molecular flexibility index (Phi) is 4.52. The van der Waals surface area contributed by atoms with Crippen LogP contribution in [-0.2, 0) is 4.74 Å². The molecular formula is C7H14F2O. The zero-order chi connectivity index (χ0) is 8.15. The second kappa shape index (κ2) is 4.61. The number of ether oxygens (including phenoxy) is 1. The van der Waals surface area contributed by atoms with Crippen molar-refractivity contribution in [1.29, 1.82) is 0 Å². The first-order valence-electron chi connectivity index (χ1n) is 3.38. The number of methoxy groups -OCH3 is 1. The minimum atomic E-state index is -2.35. The van der Waals surface area contributed by atoms with Gasteiger partial charge in [0, 0.05) is 7.11 Å². The largest absolute Gasteiger partial charge is 0.376 e. The fourth-order valence-corrected chi connectivity index (χ4v) is 0.767. The molecule has 0 saturated carbocycles. The lowest BCUT2D eigenvalue weighted by Gasteiger charge is -2.15. The Bertz CT molecular complexity index is 83.7. The van der Waals surface area contributed by atoms with Crippen molar-refractivity contribution in [2.24, 2.45) is 5.92 Å². The Morgan fingerprint density at radius 1 is 1.30 bits per heavy atom. The highest BCUT2D eigenvalue weighted by molar-refractivity contribution is 4.61. The molecule has 0 aromatic rings. The highest BCUT2D eigenvalue weighted by Gasteiger charge is 2.20. The fraction of sp³-hybridized carbons (Fsp3) is 1.00. The molecule has 0 rings (SSSR count). The average Bonchev–Trinajstić information content (AvgIpc) is 1.81. The summed E-state index contributed by atoms with van der Waals surface area (Å²) >= 11 is 0. The molecule has 0 amide bonds. The molecule has 1 unspecified atom stereocenters. The molecule has 0 spiro atoms. The van der Waals surface area contributed by atoms with E-state index >= 15 is 0 Å². The predicted octanol–water partition coefficient (Wildman–Crippen LogP) is 2.31. The molecule has 0 aliphatic carbocycles. The first kappa shape index (κ1) is 9.82. The molecule has 0 N–H and O–H groups in total. The van der Waals surface area contributed by atoms with Crippen LogP contribution in [0.4, 0.5) is 8.78 Å². The quantitative estimate of drug-likeness (QED) is 0.600. The summed E-state index contributed by atoms with van der Waals surface area (Å²) in [4.78, 5) is 0. The van der Waals surface area contributed by atoms with Crippen molar-refractivity contribution in [2.45, 2.75) is 32.8 Å². The van der Waals surface area contributed by atoms with Crippen molar-refractivity contribution in [2.75, 3.05) is 7.11 Å². The van der Waals surface area contributed by atoms with Crippen LogP contribution in [0.1, 0.15) is 20.3 Å². The van der Waals surface area contributed by atoms with Gasteiger partial charge in [0.05, 0.1) is 0 Å². The molecular weight excluding hydrogens is 138 g/mol. The highest BCUT2D eigenvalue weighted by atomic mass is 19.3. The van der Waals surface area contributed by atoms with Gasteiger partial charge < -0.3 is 4.74 Å². The van der Waals surface area contributed by atoms with Crippen LogP contribution in [0.2, 0.25) is 0 Å². The van der Waals surface area contributed by atoms with E-state index in [1.807, 2.05) is 13.8 Å². The van der Waals surface area contributed by atoms with Crippen LogP contribution in [0, 0.1) is 5.92 Å². The van der Waals surface area contributed by atoms with E-state index in [0.29, 0.717) is 6.42 Å². The number of alkyl halides is 2. The minimum absolute atomic E-state index is 0.263. The Balaban J connectivity index is 3.60. The lowest BCUT2D eigenvalue weighted by atomic mass is 10.1. The van der Waals surface area contributed by atoms with E-state index in [4.69, 9.17) is 0 Å². The maximum Gasteiger partial charge on any atom is 0.264 e. The van der Waals surface area contributed by atoms with Gasteiger partial charge in [-0.25, -0.2) is 8.78 Å². The highest BCUT2D eigenvalue weighted by Crippen LogP contribution is 2.14. The predicted molar refractivity (Wildman–Crippen MR) is 36.3 cm³/mol. The van der Waals surface area contributed by atoms with E-state index < -0.39 is 12.5 Å². The smallest absolute Gasteiger partial charge is 0.264 e. The molecule has 10 heavy (non-hydrogen) atoms. The van der Waals surface area contributed by atoms with Gasteiger partial charge in [0.1, 0.15) is 6.10 Å². The molecule has 1 atom stereocenters. The number of halogens is 2.